The maximum atomic E-state index is 5.72. The Morgan fingerprint density at radius 1 is 1.33 bits per heavy atom. The fraction of sp³-hybridized carbons (Fsp3) is 0.381. The van der Waals surface area contributed by atoms with Crippen LogP contribution in [0.1, 0.15) is 44.1 Å². The van der Waals surface area contributed by atoms with E-state index in [1.54, 1.807) is 7.11 Å². The van der Waals surface area contributed by atoms with Gasteiger partial charge in [-0.2, -0.15) is 0 Å². The van der Waals surface area contributed by atoms with Crippen LogP contribution in [-0.4, -0.2) is 22.6 Å². The third-order valence-electron chi connectivity index (χ3n) is 4.28. The number of benzene rings is 1. The summed E-state index contributed by atoms with van der Waals surface area (Å²) in [7, 11) is 1.79. The van der Waals surface area contributed by atoms with Crippen LogP contribution in [0.3, 0.4) is 0 Å². The first-order chi connectivity index (χ1) is 11.7. The molecule has 0 spiro atoms. The van der Waals surface area contributed by atoms with Gasteiger partial charge in [0.25, 0.3) is 0 Å². The van der Waals surface area contributed by atoms with Crippen LogP contribution >= 0.6 is 0 Å². The molecule has 1 heterocycles. The molecule has 0 saturated carbocycles. The summed E-state index contributed by atoms with van der Waals surface area (Å²) < 4.78 is 6.82. The van der Waals surface area contributed by atoms with Gasteiger partial charge < -0.3 is 0 Å². The summed E-state index contributed by atoms with van der Waals surface area (Å²) >= 11 is 1.39. The number of rotatable bonds is 9. The molecule has 0 radical (unpaired) electrons. The van der Waals surface area contributed by atoms with Gasteiger partial charge in [0.2, 0.25) is 0 Å². The van der Waals surface area contributed by atoms with E-state index >= 15 is 0 Å². The summed E-state index contributed by atoms with van der Waals surface area (Å²) in [6.45, 7) is 7.15. The summed E-state index contributed by atoms with van der Waals surface area (Å²) in [5.41, 5.74) is 4.11. The zero-order valence-corrected chi connectivity index (χ0v) is 17.6. The quantitative estimate of drug-likeness (QED) is 0.357. The number of ether oxygens (including phenoxy) is 1. The molecule has 0 aromatic heterocycles. The number of hydrogen-bond acceptors (Lipinski definition) is 2. The Balaban J connectivity index is 2.45. The Morgan fingerprint density at radius 2 is 2.08 bits per heavy atom. The van der Waals surface area contributed by atoms with Crippen LogP contribution in [0.15, 0.2) is 66.5 Å². The van der Waals surface area contributed by atoms with Gasteiger partial charge in [0.15, 0.2) is 0 Å². The first-order valence-electron chi connectivity index (χ1n) is 8.65. The van der Waals surface area contributed by atoms with Crippen LogP contribution < -0.4 is 0 Å². The van der Waals surface area contributed by atoms with Crippen molar-refractivity contribution in [2.75, 3.05) is 13.7 Å². The van der Waals surface area contributed by atoms with Gasteiger partial charge in [0.1, 0.15) is 0 Å². The molecule has 0 aliphatic carbocycles. The molecule has 2 rings (SSSR count). The van der Waals surface area contributed by atoms with Crippen LogP contribution in [0.5, 0.6) is 0 Å². The van der Waals surface area contributed by atoms with Crippen LogP contribution in [0.4, 0.5) is 0 Å². The Morgan fingerprint density at radius 3 is 2.71 bits per heavy atom. The van der Waals surface area contributed by atoms with Crippen molar-refractivity contribution in [1.82, 2.24) is 4.90 Å². The molecule has 3 heteroatoms. The third kappa shape index (κ3) is 4.65. The summed E-state index contributed by atoms with van der Waals surface area (Å²) in [6, 6.07) is 10.7. The topological polar surface area (TPSA) is 12.5 Å². The monoisotopic (exact) mass is 493 g/mol. The normalized spacial score (nSPS) is 17.2. The Kier molecular flexibility index (Phi) is 7.88. The number of allylic oxidation sites excluding steroid dienone is 3. The van der Waals surface area contributed by atoms with E-state index in [1.165, 1.54) is 36.2 Å². The van der Waals surface area contributed by atoms with Crippen molar-refractivity contribution in [3.63, 3.8) is 0 Å². The minimum atomic E-state index is 0.283. The fourth-order valence-corrected chi connectivity index (χ4v) is 4.03. The second-order valence-electron chi connectivity index (χ2n) is 5.96. The molecular formula is C21H27NOW. The predicted molar refractivity (Wildman–Crippen MR) is 98.4 cm³/mol. The average Bonchev–Trinajstić information content (AvgIpc) is 2.63. The molecule has 2 nitrogen and oxygen atoms in total. The zero-order chi connectivity index (χ0) is 17.4. The predicted octanol–water partition coefficient (Wildman–Crippen LogP) is 4.94. The molecule has 1 aliphatic rings. The van der Waals surface area contributed by atoms with Gasteiger partial charge in [0.05, 0.1) is 0 Å². The maximum absolute atomic E-state index is 5.72. The minimum absolute atomic E-state index is 0.283. The van der Waals surface area contributed by atoms with E-state index in [0.717, 1.165) is 36.3 Å². The summed E-state index contributed by atoms with van der Waals surface area (Å²) in [6.07, 6.45) is 11.0. The van der Waals surface area contributed by atoms with Crippen molar-refractivity contribution < 1.29 is 24.1 Å². The standard InChI is InChI=1S/C21H27NO.W/c1-4-6-8-13-21-20(17-23-3)19(14-16-22(21)15-5-2)18-11-9-7-10-12-18;/h4,7,9-12,14,16,19H,1,5-6,8,13,15H2,2-3H3;. The van der Waals surface area contributed by atoms with E-state index in [0.29, 0.717) is 0 Å². The summed E-state index contributed by atoms with van der Waals surface area (Å²) in [5.74, 6) is 0.283. The van der Waals surface area contributed by atoms with E-state index in [4.69, 9.17) is 4.74 Å². The Labute approximate surface area is 157 Å². The summed E-state index contributed by atoms with van der Waals surface area (Å²) in [4.78, 5) is 2.42. The number of hydrogen-bond donors (Lipinski definition) is 0. The molecule has 1 aromatic rings. The molecule has 0 N–H and O–H groups in total. The van der Waals surface area contributed by atoms with Gasteiger partial charge in [-0.1, -0.05) is 0 Å². The number of nitrogens with zero attached hydrogens (tertiary/aromatic N) is 1. The van der Waals surface area contributed by atoms with Gasteiger partial charge in [0, 0.05) is 0 Å². The van der Waals surface area contributed by atoms with Crippen LogP contribution in [-0.2, 0) is 24.1 Å². The van der Waals surface area contributed by atoms with Gasteiger partial charge in [-0.3, -0.25) is 0 Å². The molecule has 1 atom stereocenters. The van der Waals surface area contributed by atoms with Crippen molar-refractivity contribution in [1.29, 1.82) is 0 Å². The van der Waals surface area contributed by atoms with Crippen LogP contribution in [0, 0.1) is 0 Å². The first kappa shape index (κ1) is 19.1. The summed E-state index contributed by atoms with van der Waals surface area (Å²) in [5, 5.41) is 0. The van der Waals surface area contributed by atoms with E-state index in [-0.39, 0.29) is 5.92 Å². The van der Waals surface area contributed by atoms with E-state index < -0.39 is 0 Å². The molecule has 1 aliphatic heterocycles. The van der Waals surface area contributed by atoms with Crippen molar-refractivity contribution in [3.8, 4) is 0 Å². The second-order valence-corrected chi connectivity index (χ2v) is 7.29. The third-order valence-corrected chi connectivity index (χ3v) is 5.67. The van der Waals surface area contributed by atoms with Gasteiger partial charge in [-0.05, 0) is 0 Å². The van der Waals surface area contributed by atoms with Crippen molar-refractivity contribution in [3.05, 3.63) is 72.1 Å². The van der Waals surface area contributed by atoms with Gasteiger partial charge in [-0.15, -0.1) is 0 Å². The first-order valence-corrected chi connectivity index (χ1v) is 10.1. The SMILES string of the molecule is C=CCCCC1=C([C](=[W])OC)C(c2ccccc2)C=CN1CCC. The molecule has 24 heavy (non-hydrogen) atoms. The molecule has 0 amide bonds. The Hall–Kier alpha value is -1.24. The van der Waals surface area contributed by atoms with Gasteiger partial charge in [-0.25, -0.2) is 0 Å². The molecule has 0 bridgehead atoms. The average molecular weight is 493 g/mol. The second kappa shape index (κ2) is 9.91. The molecule has 0 saturated heterocycles. The van der Waals surface area contributed by atoms with E-state index in [9.17, 15) is 0 Å². The molecule has 0 fully saturated rings. The number of unbranched alkanes of at least 4 members (excludes halogenated alkanes) is 1. The van der Waals surface area contributed by atoms with Crippen LogP contribution in [0.25, 0.3) is 0 Å². The van der Waals surface area contributed by atoms with Gasteiger partial charge >= 0.3 is 157 Å². The van der Waals surface area contributed by atoms with Crippen LogP contribution in [0.2, 0.25) is 0 Å². The van der Waals surface area contributed by atoms with E-state index in [2.05, 4.69) is 61.0 Å². The van der Waals surface area contributed by atoms with Crippen molar-refractivity contribution in [2.45, 2.75) is 38.5 Å². The zero-order valence-electron chi connectivity index (χ0n) is 14.7. The molecular weight excluding hydrogens is 466 g/mol. The van der Waals surface area contributed by atoms with Crippen molar-refractivity contribution in [2.24, 2.45) is 0 Å². The Bertz CT molecular complexity index is 618. The molecule has 128 valence electrons. The fourth-order valence-electron chi connectivity index (χ4n) is 3.15. The number of methoxy groups -OCH3 is 1. The molecule has 1 unspecified atom stereocenters. The van der Waals surface area contributed by atoms with Crippen molar-refractivity contribution >= 4 is 4.08 Å². The van der Waals surface area contributed by atoms with E-state index in [1.807, 2.05) is 6.08 Å². The molecule has 1 aromatic carbocycles.